The number of halogens is 1. The van der Waals surface area contributed by atoms with Gasteiger partial charge in [0.15, 0.2) is 0 Å². The Morgan fingerprint density at radius 1 is 1.11 bits per heavy atom. The molecule has 0 spiro atoms. The molecule has 0 bridgehead atoms. The predicted molar refractivity (Wildman–Crippen MR) is 113 cm³/mol. The number of hydrogen-bond donors (Lipinski definition) is 1. The summed E-state index contributed by atoms with van der Waals surface area (Å²) in [5.74, 6) is -0.147. The van der Waals surface area contributed by atoms with Crippen LogP contribution in [0.5, 0.6) is 0 Å². The molecule has 3 nitrogen and oxygen atoms in total. The molecule has 1 atom stereocenters. The summed E-state index contributed by atoms with van der Waals surface area (Å²) in [6, 6.07) is 12.7. The monoisotopic (exact) mass is 380 g/mol. The van der Waals surface area contributed by atoms with E-state index in [0.29, 0.717) is 6.54 Å². The summed E-state index contributed by atoms with van der Waals surface area (Å²) in [5, 5.41) is 1.17. The highest BCUT2D eigenvalue weighted by atomic mass is 19.1. The standard InChI is InChI=1S/C24H29FN2O/c1-5-21(13-9-18-7-11-20(25)12-8-18)27(6-2)24(28)19-10-14-22-16(3)17(4)26-23(22)15-19/h7-8,10-12,14-15,21,26H,5-6,9,13H2,1-4H3/t21-/m1/s1. The lowest BCUT2D eigenvalue weighted by Gasteiger charge is -2.30. The second-order valence-electron chi connectivity index (χ2n) is 7.45. The number of hydrogen-bond acceptors (Lipinski definition) is 1. The number of H-pyrrole nitrogens is 1. The van der Waals surface area contributed by atoms with Crippen molar-refractivity contribution in [2.75, 3.05) is 6.54 Å². The first kappa shape index (κ1) is 20.1. The molecule has 0 aliphatic carbocycles. The van der Waals surface area contributed by atoms with Crippen LogP contribution in [0, 0.1) is 19.7 Å². The smallest absolute Gasteiger partial charge is 0.254 e. The van der Waals surface area contributed by atoms with Crippen LogP contribution < -0.4 is 0 Å². The molecule has 0 radical (unpaired) electrons. The largest absolute Gasteiger partial charge is 0.358 e. The third kappa shape index (κ3) is 4.11. The Kier molecular flexibility index (Phi) is 6.18. The summed E-state index contributed by atoms with van der Waals surface area (Å²) >= 11 is 0. The molecule has 1 N–H and O–H groups in total. The molecule has 1 amide bonds. The van der Waals surface area contributed by atoms with Crippen molar-refractivity contribution in [1.82, 2.24) is 9.88 Å². The maximum absolute atomic E-state index is 13.2. The lowest BCUT2D eigenvalue weighted by molar-refractivity contribution is 0.0676. The summed E-state index contributed by atoms with van der Waals surface area (Å²) in [5.41, 5.74) is 5.19. The van der Waals surface area contributed by atoms with E-state index in [-0.39, 0.29) is 17.8 Å². The number of carbonyl (C=O) groups is 1. The predicted octanol–water partition coefficient (Wildman–Crippen LogP) is 5.80. The van der Waals surface area contributed by atoms with Gasteiger partial charge >= 0.3 is 0 Å². The molecular weight excluding hydrogens is 351 g/mol. The number of nitrogens with zero attached hydrogens (tertiary/aromatic N) is 1. The molecule has 0 fully saturated rings. The van der Waals surface area contributed by atoms with E-state index in [1.165, 1.54) is 23.1 Å². The maximum Gasteiger partial charge on any atom is 0.254 e. The number of benzene rings is 2. The van der Waals surface area contributed by atoms with Crippen molar-refractivity contribution in [1.29, 1.82) is 0 Å². The van der Waals surface area contributed by atoms with Gasteiger partial charge in [0.05, 0.1) is 0 Å². The summed E-state index contributed by atoms with van der Waals surface area (Å²) in [6.07, 6.45) is 2.59. The van der Waals surface area contributed by atoms with Gasteiger partial charge in [-0.3, -0.25) is 4.79 Å². The van der Waals surface area contributed by atoms with E-state index in [4.69, 9.17) is 0 Å². The molecule has 28 heavy (non-hydrogen) atoms. The van der Waals surface area contributed by atoms with Crippen LogP contribution in [0.25, 0.3) is 10.9 Å². The number of aromatic amines is 1. The first-order valence-corrected chi connectivity index (χ1v) is 10.1. The quantitative estimate of drug-likeness (QED) is 0.553. The summed E-state index contributed by atoms with van der Waals surface area (Å²) in [7, 11) is 0. The summed E-state index contributed by atoms with van der Waals surface area (Å²) < 4.78 is 13.1. The van der Waals surface area contributed by atoms with Gasteiger partial charge in [-0.05, 0) is 75.4 Å². The van der Waals surface area contributed by atoms with Crippen LogP contribution >= 0.6 is 0 Å². The zero-order valence-corrected chi connectivity index (χ0v) is 17.2. The number of fused-ring (bicyclic) bond motifs is 1. The zero-order chi connectivity index (χ0) is 20.3. The van der Waals surface area contributed by atoms with Crippen molar-refractivity contribution < 1.29 is 9.18 Å². The molecular formula is C24H29FN2O. The molecule has 148 valence electrons. The molecule has 1 aromatic heterocycles. The van der Waals surface area contributed by atoms with Crippen molar-refractivity contribution in [2.24, 2.45) is 0 Å². The van der Waals surface area contributed by atoms with Gasteiger partial charge in [-0.1, -0.05) is 25.1 Å². The van der Waals surface area contributed by atoms with E-state index in [0.717, 1.165) is 41.6 Å². The molecule has 0 saturated carbocycles. The Hall–Kier alpha value is -2.62. The van der Waals surface area contributed by atoms with Crippen molar-refractivity contribution in [3.05, 3.63) is 70.7 Å². The fraction of sp³-hybridized carbons (Fsp3) is 0.375. The Labute approximate surface area is 166 Å². The normalized spacial score (nSPS) is 12.3. The zero-order valence-electron chi connectivity index (χ0n) is 17.2. The van der Waals surface area contributed by atoms with Gasteiger partial charge in [-0.25, -0.2) is 4.39 Å². The van der Waals surface area contributed by atoms with Crippen LogP contribution in [0.4, 0.5) is 4.39 Å². The van der Waals surface area contributed by atoms with Crippen LogP contribution in [-0.2, 0) is 6.42 Å². The van der Waals surface area contributed by atoms with Crippen molar-refractivity contribution in [3.8, 4) is 0 Å². The number of carbonyl (C=O) groups excluding carboxylic acids is 1. The number of amides is 1. The van der Waals surface area contributed by atoms with Crippen molar-refractivity contribution >= 4 is 16.8 Å². The second-order valence-corrected chi connectivity index (χ2v) is 7.45. The van der Waals surface area contributed by atoms with Gasteiger partial charge in [0.1, 0.15) is 5.82 Å². The second kappa shape index (κ2) is 8.59. The lowest BCUT2D eigenvalue weighted by Crippen LogP contribution is -2.40. The van der Waals surface area contributed by atoms with E-state index >= 15 is 0 Å². The first-order valence-electron chi connectivity index (χ1n) is 10.1. The maximum atomic E-state index is 13.2. The molecule has 0 aliphatic rings. The van der Waals surface area contributed by atoms with Gasteiger partial charge in [-0.2, -0.15) is 0 Å². The minimum atomic E-state index is -0.216. The number of aryl methyl sites for hydroxylation is 3. The highest BCUT2D eigenvalue weighted by Gasteiger charge is 2.22. The van der Waals surface area contributed by atoms with Gasteiger partial charge < -0.3 is 9.88 Å². The average molecular weight is 381 g/mol. The van der Waals surface area contributed by atoms with Crippen LogP contribution in [0.15, 0.2) is 42.5 Å². The van der Waals surface area contributed by atoms with Crippen LogP contribution in [-0.4, -0.2) is 28.4 Å². The first-order chi connectivity index (χ1) is 13.4. The van der Waals surface area contributed by atoms with Crippen LogP contribution in [0.2, 0.25) is 0 Å². The molecule has 3 rings (SSSR count). The number of aromatic nitrogens is 1. The number of rotatable bonds is 7. The van der Waals surface area contributed by atoms with Crippen LogP contribution in [0.3, 0.4) is 0 Å². The van der Waals surface area contributed by atoms with Crippen molar-refractivity contribution in [3.63, 3.8) is 0 Å². The Balaban J connectivity index is 1.77. The highest BCUT2D eigenvalue weighted by molar-refractivity contribution is 5.98. The topological polar surface area (TPSA) is 36.1 Å². The van der Waals surface area contributed by atoms with E-state index < -0.39 is 0 Å². The fourth-order valence-electron chi connectivity index (χ4n) is 3.90. The third-order valence-corrected chi connectivity index (χ3v) is 5.75. The van der Waals surface area contributed by atoms with E-state index in [1.54, 1.807) is 0 Å². The van der Waals surface area contributed by atoms with E-state index in [9.17, 15) is 9.18 Å². The summed E-state index contributed by atoms with van der Waals surface area (Å²) in [4.78, 5) is 18.6. The molecule has 0 unspecified atom stereocenters. The van der Waals surface area contributed by atoms with Crippen LogP contribution in [0.1, 0.15) is 53.9 Å². The molecule has 0 aliphatic heterocycles. The van der Waals surface area contributed by atoms with Gasteiger partial charge in [0.25, 0.3) is 5.91 Å². The molecule has 1 heterocycles. The average Bonchev–Trinajstić information content (AvgIpc) is 2.99. The minimum Gasteiger partial charge on any atom is -0.358 e. The Bertz CT molecular complexity index is 959. The highest BCUT2D eigenvalue weighted by Crippen LogP contribution is 2.24. The van der Waals surface area contributed by atoms with Gasteiger partial charge in [0.2, 0.25) is 0 Å². The van der Waals surface area contributed by atoms with Gasteiger partial charge in [-0.15, -0.1) is 0 Å². The molecule has 0 saturated heterocycles. The molecule has 2 aromatic carbocycles. The minimum absolute atomic E-state index is 0.0697. The van der Waals surface area contributed by atoms with E-state index in [1.807, 2.05) is 42.2 Å². The molecule has 4 heteroatoms. The SMILES string of the molecule is CC[C@H](CCc1ccc(F)cc1)N(CC)C(=O)c1ccc2c(C)c(C)[nH]c2c1. The summed E-state index contributed by atoms with van der Waals surface area (Å²) in [6.45, 7) is 8.96. The molecule has 3 aromatic rings. The Morgan fingerprint density at radius 3 is 2.46 bits per heavy atom. The lowest BCUT2D eigenvalue weighted by atomic mass is 10.0. The van der Waals surface area contributed by atoms with Gasteiger partial charge in [0, 0.05) is 34.7 Å². The Morgan fingerprint density at radius 2 is 1.82 bits per heavy atom. The third-order valence-electron chi connectivity index (χ3n) is 5.75. The van der Waals surface area contributed by atoms with E-state index in [2.05, 4.69) is 25.8 Å². The van der Waals surface area contributed by atoms with Crippen molar-refractivity contribution in [2.45, 2.75) is 53.0 Å². The fourth-order valence-corrected chi connectivity index (χ4v) is 3.90. The number of nitrogens with one attached hydrogen (secondary N) is 1.